The summed E-state index contributed by atoms with van der Waals surface area (Å²) in [6.07, 6.45) is 3.54. The van der Waals surface area contributed by atoms with Crippen LogP contribution in [0.5, 0.6) is 0 Å². The highest BCUT2D eigenvalue weighted by Crippen LogP contribution is 2.17. The Morgan fingerprint density at radius 2 is 1.90 bits per heavy atom. The molecule has 0 aliphatic heterocycles. The number of unbranched alkanes of at least 4 members (excludes halogenated alkanes) is 3. The minimum atomic E-state index is -0.756. The van der Waals surface area contributed by atoms with Gasteiger partial charge in [0.15, 0.2) is 0 Å². The van der Waals surface area contributed by atoms with Gasteiger partial charge >= 0.3 is 5.97 Å². The number of rotatable bonds is 8. The van der Waals surface area contributed by atoms with Crippen LogP contribution in [0.3, 0.4) is 0 Å². The van der Waals surface area contributed by atoms with Crippen molar-refractivity contribution in [2.75, 3.05) is 6.54 Å². The van der Waals surface area contributed by atoms with Crippen LogP contribution in [0, 0.1) is 3.57 Å². The number of benzene rings is 1. The van der Waals surface area contributed by atoms with Gasteiger partial charge in [0.25, 0.3) is 5.91 Å². The van der Waals surface area contributed by atoms with Gasteiger partial charge in [-0.2, -0.15) is 0 Å². The van der Waals surface area contributed by atoms with Gasteiger partial charge in [-0.15, -0.1) is 0 Å². The molecular formula is C14H17ClINO3. The number of carbonyl (C=O) groups excluding carboxylic acids is 1. The zero-order valence-electron chi connectivity index (χ0n) is 11.0. The van der Waals surface area contributed by atoms with Crippen LogP contribution in [-0.2, 0) is 4.79 Å². The third kappa shape index (κ3) is 6.56. The van der Waals surface area contributed by atoms with Crippen molar-refractivity contribution >= 4 is 46.1 Å². The summed E-state index contributed by atoms with van der Waals surface area (Å²) in [5.41, 5.74) is 0.587. The Balaban J connectivity index is 2.23. The molecule has 0 spiro atoms. The summed E-state index contributed by atoms with van der Waals surface area (Å²) in [4.78, 5) is 22.3. The van der Waals surface area contributed by atoms with E-state index in [1.165, 1.54) is 0 Å². The second kappa shape index (κ2) is 9.18. The number of hydrogen-bond donors (Lipinski definition) is 2. The molecule has 6 heteroatoms. The third-order valence-electron chi connectivity index (χ3n) is 2.78. The van der Waals surface area contributed by atoms with E-state index in [0.29, 0.717) is 23.6 Å². The van der Waals surface area contributed by atoms with Gasteiger partial charge in [-0.05, 0) is 53.6 Å². The highest BCUT2D eigenvalue weighted by Gasteiger charge is 2.09. The average Bonchev–Trinajstić information content (AvgIpc) is 2.39. The molecule has 0 aliphatic carbocycles. The smallest absolute Gasteiger partial charge is 0.303 e. The number of halogens is 2. The lowest BCUT2D eigenvalue weighted by Gasteiger charge is -2.07. The summed E-state index contributed by atoms with van der Waals surface area (Å²) >= 11 is 7.98. The monoisotopic (exact) mass is 409 g/mol. The topological polar surface area (TPSA) is 66.4 Å². The molecule has 0 bridgehead atoms. The third-order valence-corrected chi connectivity index (χ3v) is 3.95. The van der Waals surface area contributed by atoms with Crippen molar-refractivity contribution in [2.45, 2.75) is 32.1 Å². The maximum absolute atomic E-state index is 11.9. The molecule has 0 atom stereocenters. The molecule has 0 aromatic heterocycles. The summed E-state index contributed by atoms with van der Waals surface area (Å²) in [6.45, 7) is 0.592. The zero-order chi connectivity index (χ0) is 15.0. The SMILES string of the molecule is O=C(O)CCCCCCNC(=O)c1cc(Cl)ccc1I. The van der Waals surface area contributed by atoms with E-state index in [4.69, 9.17) is 16.7 Å². The standard InChI is InChI=1S/C14H17ClINO3/c15-10-6-7-12(16)11(9-10)14(20)17-8-4-2-1-3-5-13(18)19/h6-7,9H,1-5,8H2,(H,17,20)(H,18,19). The summed E-state index contributed by atoms with van der Waals surface area (Å²) in [5.74, 6) is -0.878. The highest BCUT2D eigenvalue weighted by molar-refractivity contribution is 14.1. The van der Waals surface area contributed by atoms with Gasteiger partial charge in [0, 0.05) is 21.6 Å². The number of aliphatic carboxylic acids is 1. The van der Waals surface area contributed by atoms with Crippen molar-refractivity contribution in [3.05, 3.63) is 32.4 Å². The Bertz CT molecular complexity index is 479. The van der Waals surface area contributed by atoms with Gasteiger partial charge in [0.05, 0.1) is 5.56 Å². The minimum absolute atomic E-state index is 0.123. The van der Waals surface area contributed by atoms with Crippen molar-refractivity contribution in [2.24, 2.45) is 0 Å². The van der Waals surface area contributed by atoms with Crippen molar-refractivity contribution in [3.63, 3.8) is 0 Å². The molecule has 4 nitrogen and oxygen atoms in total. The lowest BCUT2D eigenvalue weighted by molar-refractivity contribution is -0.137. The molecule has 110 valence electrons. The van der Waals surface area contributed by atoms with E-state index in [1.54, 1.807) is 12.1 Å². The van der Waals surface area contributed by atoms with Gasteiger partial charge in [0.1, 0.15) is 0 Å². The lowest BCUT2D eigenvalue weighted by atomic mass is 10.1. The number of carboxylic acid groups (broad SMARTS) is 1. The fourth-order valence-corrected chi connectivity index (χ4v) is 2.48. The fourth-order valence-electron chi connectivity index (χ4n) is 1.72. The molecule has 0 aliphatic rings. The molecule has 0 fully saturated rings. The van der Waals surface area contributed by atoms with Gasteiger partial charge in [-0.1, -0.05) is 24.4 Å². The summed E-state index contributed by atoms with van der Waals surface area (Å²) in [7, 11) is 0. The van der Waals surface area contributed by atoms with Crippen molar-refractivity contribution in [1.29, 1.82) is 0 Å². The zero-order valence-corrected chi connectivity index (χ0v) is 13.9. The Morgan fingerprint density at radius 1 is 1.20 bits per heavy atom. The second-order valence-corrected chi connectivity index (χ2v) is 6.04. The minimum Gasteiger partial charge on any atom is -0.481 e. The molecule has 0 unspecified atom stereocenters. The highest BCUT2D eigenvalue weighted by atomic mass is 127. The second-order valence-electron chi connectivity index (χ2n) is 4.44. The maximum Gasteiger partial charge on any atom is 0.303 e. The molecule has 0 saturated carbocycles. The van der Waals surface area contributed by atoms with Gasteiger partial charge in [0.2, 0.25) is 0 Å². The van der Waals surface area contributed by atoms with Crippen molar-refractivity contribution < 1.29 is 14.7 Å². The van der Waals surface area contributed by atoms with Crippen LogP contribution in [0.2, 0.25) is 5.02 Å². The summed E-state index contributed by atoms with van der Waals surface area (Å²) < 4.78 is 0.867. The van der Waals surface area contributed by atoms with E-state index in [1.807, 2.05) is 6.07 Å². The molecule has 1 amide bonds. The largest absolute Gasteiger partial charge is 0.481 e. The van der Waals surface area contributed by atoms with Crippen molar-refractivity contribution in [3.8, 4) is 0 Å². The van der Waals surface area contributed by atoms with E-state index < -0.39 is 5.97 Å². The molecule has 1 rings (SSSR count). The first-order valence-corrected chi connectivity index (χ1v) is 7.91. The van der Waals surface area contributed by atoms with Crippen LogP contribution in [0.15, 0.2) is 18.2 Å². The molecule has 0 saturated heterocycles. The van der Waals surface area contributed by atoms with E-state index in [2.05, 4.69) is 27.9 Å². The Labute approximate surface area is 137 Å². The molecule has 1 aromatic carbocycles. The maximum atomic E-state index is 11.9. The van der Waals surface area contributed by atoms with Crippen LogP contribution < -0.4 is 5.32 Å². The molecule has 20 heavy (non-hydrogen) atoms. The van der Waals surface area contributed by atoms with E-state index >= 15 is 0 Å². The molecule has 1 aromatic rings. The van der Waals surface area contributed by atoms with Crippen molar-refractivity contribution in [1.82, 2.24) is 5.32 Å². The lowest BCUT2D eigenvalue weighted by Crippen LogP contribution is -2.25. The first kappa shape index (κ1) is 17.2. The van der Waals surface area contributed by atoms with E-state index in [-0.39, 0.29) is 12.3 Å². The normalized spacial score (nSPS) is 10.3. The predicted octanol–water partition coefficient (Wildman–Crippen LogP) is 3.71. The quantitative estimate of drug-likeness (QED) is 0.508. The van der Waals surface area contributed by atoms with E-state index in [0.717, 1.165) is 22.8 Å². The Kier molecular flexibility index (Phi) is 7.91. The summed E-state index contributed by atoms with van der Waals surface area (Å²) in [5, 5.41) is 11.9. The van der Waals surface area contributed by atoms with Gasteiger partial charge in [-0.25, -0.2) is 0 Å². The van der Waals surface area contributed by atoms with Crippen LogP contribution in [0.25, 0.3) is 0 Å². The first-order valence-electron chi connectivity index (χ1n) is 6.45. The fraction of sp³-hybridized carbons (Fsp3) is 0.429. The van der Waals surface area contributed by atoms with Crippen LogP contribution in [0.4, 0.5) is 0 Å². The molecule has 0 radical (unpaired) electrons. The average molecular weight is 410 g/mol. The Hall–Kier alpha value is -0.820. The van der Waals surface area contributed by atoms with Crippen LogP contribution in [-0.4, -0.2) is 23.5 Å². The molecule has 2 N–H and O–H groups in total. The summed E-state index contributed by atoms with van der Waals surface area (Å²) in [6, 6.07) is 5.22. The Morgan fingerprint density at radius 3 is 2.60 bits per heavy atom. The number of carbonyl (C=O) groups is 2. The molecule has 0 heterocycles. The van der Waals surface area contributed by atoms with Gasteiger partial charge in [-0.3, -0.25) is 9.59 Å². The number of hydrogen-bond acceptors (Lipinski definition) is 2. The number of amides is 1. The van der Waals surface area contributed by atoms with Crippen LogP contribution >= 0.6 is 34.2 Å². The molecular weight excluding hydrogens is 393 g/mol. The number of carboxylic acids is 1. The van der Waals surface area contributed by atoms with Gasteiger partial charge < -0.3 is 10.4 Å². The number of nitrogens with one attached hydrogen (secondary N) is 1. The van der Waals surface area contributed by atoms with Crippen LogP contribution in [0.1, 0.15) is 42.5 Å². The first-order chi connectivity index (χ1) is 9.50. The predicted molar refractivity (Wildman–Crippen MR) is 87.2 cm³/mol. The van der Waals surface area contributed by atoms with E-state index in [9.17, 15) is 9.59 Å².